The van der Waals surface area contributed by atoms with Crippen molar-refractivity contribution in [3.8, 4) is 5.75 Å². The quantitative estimate of drug-likeness (QED) is 0.403. The third-order valence-corrected chi connectivity index (χ3v) is 7.01. The van der Waals surface area contributed by atoms with Gasteiger partial charge in [-0.05, 0) is 56.2 Å². The summed E-state index contributed by atoms with van der Waals surface area (Å²) in [5.74, 6) is 8.52. The van der Waals surface area contributed by atoms with Crippen molar-refractivity contribution >= 4 is 17.7 Å². The second kappa shape index (κ2) is 10.7. The molecule has 3 aromatic rings. The summed E-state index contributed by atoms with van der Waals surface area (Å²) in [4.78, 5) is 14.7. The minimum Gasteiger partial charge on any atom is -0.485 e. The number of ether oxygens (including phenoxy) is 1. The fraction of sp³-hybridized carbons (Fsp3) is 0.400. The number of carbonyl (C=O) groups excluding carboxylic acids is 1. The molecule has 7 nitrogen and oxygen atoms in total. The van der Waals surface area contributed by atoms with Crippen LogP contribution in [0.5, 0.6) is 5.75 Å². The van der Waals surface area contributed by atoms with Crippen molar-refractivity contribution in [1.82, 2.24) is 19.8 Å². The third kappa shape index (κ3) is 6.07. The Balaban J connectivity index is 1.23. The lowest BCUT2D eigenvalue weighted by molar-refractivity contribution is -0.129. The van der Waals surface area contributed by atoms with E-state index < -0.39 is 0 Å². The molecule has 1 saturated heterocycles. The molecule has 0 spiro atoms. The van der Waals surface area contributed by atoms with Gasteiger partial charge in [0.1, 0.15) is 12.4 Å². The molecule has 2 heterocycles. The fourth-order valence-electron chi connectivity index (χ4n) is 4.16. The number of amides is 1. The number of nitrogen functional groups attached to an aromatic ring is 1. The van der Waals surface area contributed by atoms with Crippen molar-refractivity contribution < 1.29 is 9.53 Å². The molecule has 0 radical (unpaired) electrons. The van der Waals surface area contributed by atoms with Crippen molar-refractivity contribution in [3.63, 3.8) is 0 Å². The van der Waals surface area contributed by atoms with Gasteiger partial charge in [-0.1, -0.05) is 59.8 Å². The number of aryl methyl sites for hydroxylation is 2. The number of aromatic nitrogens is 3. The molecular weight excluding hydrogens is 434 g/mol. The van der Waals surface area contributed by atoms with E-state index in [9.17, 15) is 4.79 Å². The second-order valence-electron chi connectivity index (χ2n) is 8.63. The molecule has 8 heteroatoms. The van der Waals surface area contributed by atoms with Gasteiger partial charge in [0.2, 0.25) is 11.1 Å². The molecule has 1 amide bonds. The number of carbonyl (C=O) groups is 1. The van der Waals surface area contributed by atoms with Crippen LogP contribution < -0.4 is 10.6 Å². The average molecular weight is 466 g/mol. The largest absolute Gasteiger partial charge is 0.485 e. The molecule has 0 unspecified atom stereocenters. The second-order valence-corrected chi connectivity index (χ2v) is 9.57. The average Bonchev–Trinajstić information content (AvgIpc) is 3.17. The fourth-order valence-corrected chi connectivity index (χ4v) is 4.94. The van der Waals surface area contributed by atoms with Crippen molar-refractivity contribution in [1.29, 1.82) is 0 Å². The summed E-state index contributed by atoms with van der Waals surface area (Å²) in [6, 6.07) is 16.6. The van der Waals surface area contributed by atoms with Crippen LogP contribution in [0, 0.1) is 19.8 Å². The normalized spacial score (nSPS) is 14.4. The van der Waals surface area contributed by atoms with E-state index in [1.807, 2.05) is 36.9 Å². The predicted octanol–water partition coefficient (Wildman–Crippen LogP) is 3.76. The van der Waals surface area contributed by atoms with Crippen LogP contribution in [-0.4, -0.2) is 44.5 Å². The summed E-state index contributed by atoms with van der Waals surface area (Å²) in [5, 5.41) is 8.79. The van der Waals surface area contributed by atoms with Gasteiger partial charge in [-0.3, -0.25) is 4.79 Å². The Morgan fingerprint density at radius 3 is 2.61 bits per heavy atom. The monoisotopic (exact) mass is 465 g/mol. The molecule has 0 aliphatic carbocycles. The maximum Gasteiger partial charge on any atom is 0.233 e. The van der Waals surface area contributed by atoms with Crippen LogP contribution in [0.1, 0.15) is 35.4 Å². The predicted molar refractivity (Wildman–Crippen MR) is 131 cm³/mol. The highest BCUT2D eigenvalue weighted by molar-refractivity contribution is 7.99. The Bertz CT molecular complexity index is 1080. The van der Waals surface area contributed by atoms with E-state index in [4.69, 9.17) is 10.6 Å². The van der Waals surface area contributed by atoms with Crippen LogP contribution in [0.2, 0.25) is 0 Å². The lowest BCUT2D eigenvalue weighted by Gasteiger charge is -2.32. The van der Waals surface area contributed by atoms with Crippen molar-refractivity contribution in [2.75, 3.05) is 24.7 Å². The van der Waals surface area contributed by atoms with Crippen LogP contribution in [0.25, 0.3) is 0 Å². The molecule has 0 bridgehead atoms. The van der Waals surface area contributed by atoms with E-state index in [2.05, 4.69) is 40.5 Å². The molecule has 1 fully saturated rings. The Morgan fingerprint density at radius 2 is 1.88 bits per heavy atom. The first-order chi connectivity index (χ1) is 16.0. The lowest BCUT2D eigenvalue weighted by atomic mass is 9.90. The number of benzene rings is 2. The first-order valence-electron chi connectivity index (χ1n) is 11.3. The molecular formula is C25H31N5O2S. The molecule has 0 atom stereocenters. The number of likely N-dealkylation sites (tertiary alicyclic amines) is 1. The molecule has 0 saturated carbocycles. The topological polar surface area (TPSA) is 86.3 Å². The Labute approximate surface area is 199 Å². The van der Waals surface area contributed by atoms with Gasteiger partial charge in [0.25, 0.3) is 0 Å². The van der Waals surface area contributed by atoms with Crippen molar-refractivity contribution in [3.05, 3.63) is 71.0 Å². The lowest BCUT2D eigenvalue weighted by Crippen LogP contribution is -2.39. The summed E-state index contributed by atoms with van der Waals surface area (Å²) in [6.45, 7) is 5.89. The highest BCUT2D eigenvalue weighted by Gasteiger charge is 2.23. The zero-order valence-corrected chi connectivity index (χ0v) is 20.1. The number of nitrogens with two attached hydrogens (primary N) is 1. The summed E-state index contributed by atoms with van der Waals surface area (Å²) in [5.41, 5.74) is 3.62. The van der Waals surface area contributed by atoms with Gasteiger partial charge >= 0.3 is 0 Å². The molecule has 2 N–H and O–H groups in total. The van der Waals surface area contributed by atoms with Gasteiger partial charge in [-0.2, -0.15) is 0 Å². The van der Waals surface area contributed by atoms with Crippen LogP contribution in [0.15, 0.2) is 53.7 Å². The molecule has 174 valence electrons. The first-order valence-corrected chi connectivity index (χ1v) is 12.3. The van der Waals surface area contributed by atoms with E-state index in [0.29, 0.717) is 22.7 Å². The van der Waals surface area contributed by atoms with Gasteiger partial charge in [0, 0.05) is 13.1 Å². The van der Waals surface area contributed by atoms with Crippen LogP contribution in [0.4, 0.5) is 0 Å². The van der Waals surface area contributed by atoms with Gasteiger partial charge in [0.15, 0.2) is 5.82 Å². The van der Waals surface area contributed by atoms with Gasteiger partial charge < -0.3 is 15.5 Å². The van der Waals surface area contributed by atoms with E-state index in [1.54, 1.807) is 0 Å². The Morgan fingerprint density at radius 1 is 1.12 bits per heavy atom. The Kier molecular flexibility index (Phi) is 7.54. The first kappa shape index (κ1) is 23.2. The van der Waals surface area contributed by atoms with E-state index >= 15 is 0 Å². The molecule has 2 aromatic carbocycles. The highest BCUT2D eigenvalue weighted by Crippen LogP contribution is 2.24. The van der Waals surface area contributed by atoms with Crippen LogP contribution in [0.3, 0.4) is 0 Å². The maximum atomic E-state index is 12.7. The SMILES string of the molecule is Cc1ccc(OCc2nnc(SCC(=O)N3CCC(Cc4ccccc4)CC3)n2N)c(C)c1. The van der Waals surface area contributed by atoms with E-state index in [-0.39, 0.29) is 12.5 Å². The number of piperidine rings is 1. The molecule has 1 aliphatic rings. The summed E-state index contributed by atoms with van der Waals surface area (Å²) in [6.07, 6.45) is 3.16. The highest BCUT2D eigenvalue weighted by atomic mass is 32.2. The molecule has 1 aromatic heterocycles. The van der Waals surface area contributed by atoms with Crippen LogP contribution in [-0.2, 0) is 17.8 Å². The maximum absolute atomic E-state index is 12.7. The molecule has 4 rings (SSSR count). The summed E-state index contributed by atoms with van der Waals surface area (Å²) < 4.78 is 7.27. The Hall–Kier alpha value is -3.00. The summed E-state index contributed by atoms with van der Waals surface area (Å²) in [7, 11) is 0. The van der Waals surface area contributed by atoms with E-state index in [0.717, 1.165) is 43.7 Å². The smallest absolute Gasteiger partial charge is 0.233 e. The van der Waals surface area contributed by atoms with Gasteiger partial charge in [-0.25, -0.2) is 4.68 Å². The number of nitrogens with zero attached hydrogens (tertiary/aromatic N) is 4. The number of hydrogen-bond acceptors (Lipinski definition) is 6. The van der Waals surface area contributed by atoms with Crippen molar-refractivity contribution in [2.45, 2.75) is 44.9 Å². The minimum atomic E-state index is 0.120. The summed E-state index contributed by atoms with van der Waals surface area (Å²) >= 11 is 1.32. The molecule has 1 aliphatic heterocycles. The van der Waals surface area contributed by atoms with Crippen LogP contribution >= 0.6 is 11.8 Å². The molecule has 33 heavy (non-hydrogen) atoms. The number of rotatable bonds is 8. The zero-order chi connectivity index (χ0) is 23.2. The van der Waals surface area contributed by atoms with E-state index in [1.165, 1.54) is 27.6 Å². The van der Waals surface area contributed by atoms with Gasteiger partial charge in [-0.15, -0.1) is 10.2 Å². The number of hydrogen-bond donors (Lipinski definition) is 1. The number of thioether (sulfide) groups is 1. The van der Waals surface area contributed by atoms with Gasteiger partial charge in [0.05, 0.1) is 5.75 Å². The standard InChI is InChI=1S/C25H31N5O2S/c1-18-8-9-22(19(2)14-18)32-16-23-27-28-25(30(23)26)33-17-24(31)29-12-10-21(11-13-29)15-20-6-4-3-5-7-20/h3-9,14,21H,10-13,15-17,26H2,1-2H3. The third-order valence-electron chi connectivity index (χ3n) is 6.08. The minimum absolute atomic E-state index is 0.120. The zero-order valence-electron chi connectivity index (χ0n) is 19.2. The van der Waals surface area contributed by atoms with Crippen molar-refractivity contribution in [2.24, 2.45) is 5.92 Å².